The molecule has 3 heteroatoms. The molecule has 3 aliphatic rings. The number of pyridine rings is 1. The first-order valence-corrected chi connectivity index (χ1v) is 8.56. The summed E-state index contributed by atoms with van der Waals surface area (Å²) in [4.78, 5) is 4.59. The average molecular weight is 312 g/mol. The number of nitrogens with zero attached hydrogens (tertiary/aromatic N) is 1. The van der Waals surface area contributed by atoms with Crippen LogP contribution in [0.4, 0.5) is 0 Å². The van der Waals surface area contributed by atoms with Crippen molar-refractivity contribution in [3.05, 3.63) is 58.9 Å². The van der Waals surface area contributed by atoms with Gasteiger partial charge < -0.3 is 4.74 Å². The van der Waals surface area contributed by atoms with E-state index in [0.717, 1.165) is 28.3 Å². The molecule has 2 nitrogen and oxygen atoms in total. The fourth-order valence-electron chi connectivity index (χ4n) is 5.14. The van der Waals surface area contributed by atoms with E-state index in [0.29, 0.717) is 11.8 Å². The molecule has 2 saturated carbocycles. The molecule has 0 spiro atoms. The molecule has 0 amide bonds. The standard InChI is InChI=1S/C19H18ClNO/c20-13-6-7-16-14(10-13)17-11-4-5-12(9-11)18(17)19(22-16)15-3-1-2-8-21-15/h1-3,6-8,10-12,17-19H,4-5,9H2/t11-,12+,17-,18-,19-/m1/s1. The highest BCUT2D eigenvalue weighted by molar-refractivity contribution is 6.30. The summed E-state index contributed by atoms with van der Waals surface area (Å²) in [6.45, 7) is 0. The van der Waals surface area contributed by atoms with Gasteiger partial charge in [-0.05, 0) is 72.9 Å². The first kappa shape index (κ1) is 13.0. The lowest BCUT2D eigenvalue weighted by Gasteiger charge is -2.42. The first-order valence-electron chi connectivity index (χ1n) is 8.18. The first-order chi connectivity index (χ1) is 10.8. The lowest BCUT2D eigenvalue weighted by atomic mass is 9.70. The van der Waals surface area contributed by atoms with Crippen molar-refractivity contribution in [2.75, 3.05) is 0 Å². The summed E-state index contributed by atoms with van der Waals surface area (Å²) in [7, 11) is 0. The number of fused-ring (bicyclic) bond motifs is 7. The van der Waals surface area contributed by atoms with Crippen LogP contribution in [0.2, 0.25) is 5.02 Å². The summed E-state index contributed by atoms with van der Waals surface area (Å²) in [5, 5.41) is 0.820. The topological polar surface area (TPSA) is 22.1 Å². The second-order valence-corrected chi connectivity index (χ2v) is 7.35. The Morgan fingerprint density at radius 2 is 2.00 bits per heavy atom. The molecule has 2 aromatic rings. The number of rotatable bonds is 1. The highest BCUT2D eigenvalue weighted by Gasteiger charge is 2.55. The van der Waals surface area contributed by atoms with Gasteiger partial charge in [-0.1, -0.05) is 17.7 Å². The molecule has 1 aromatic carbocycles. The van der Waals surface area contributed by atoms with E-state index in [9.17, 15) is 0 Å². The number of hydrogen-bond acceptors (Lipinski definition) is 2. The number of hydrogen-bond donors (Lipinski definition) is 0. The molecule has 1 aliphatic heterocycles. The van der Waals surface area contributed by atoms with E-state index in [-0.39, 0.29) is 6.10 Å². The number of benzene rings is 1. The molecular formula is C19H18ClNO. The third kappa shape index (κ3) is 1.77. The van der Waals surface area contributed by atoms with Gasteiger partial charge in [0.1, 0.15) is 11.9 Å². The van der Waals surface area contributed by atoms with Crippen LogP contribution in [0, 0.1) is 17.8 Å². The van der Waals surface area contributed by atoms with Crippen molar-refractivity contribution < 1.29 is 4.74 Å². The lowest BCUT2D eigenvalue weighted by molar-refractivity contribution is 0.0565. The van der Waals surface area contributed by atoms with E-state index in [1.807, 2.05) is 24.4 Å². The van der Waals surface area contributed by atoms with Crippen LogP contribution in [0.25, 0.3) is 0 Å². The molecule has 0 N–H and O–H groups in total. The molecule has 22 heavy (non-hydrogen) atoms. The van der Waals surface area contributed by atoms with Gasteiger partial charge in [-0.25, -0.2) is 0 Å². The molecule has 112 valence electrons. The Labute approximate surface area is 135 Å². The molecule has 2 aliphatic carbocycles. The van der Waals surface area contributed by atoms with Crippen LogP contribution in [0.15, 0.2) is 42.6 Å². The third-order valence-corrected chi connectivity index (χ3v) is 6.13. The van der Waals surface area contributed by atoms with E-state index in [2.05, 4.69) is 23.2 Å². The van der Waals surface area contributed by atoms with Gasteiger partial charge in [0.2, 0.25) is 0 Å². The third-order valence-electron chi connectivity index (χ3n) is 5.89. The summed E-state index contributed by atoms with van der Waals surface area (Å²) in [6.07, 6.45) is 6.00. The monoisotopic (exact) mass is 311 g/mol. The molecule has 1 aromatic heterocycles. The number of aromatic nitrogens is 1. The number of halogens is 1. The lowest BCUT2D eigenvalue weighted by Crippen LogP contribution is -2.34. The molecule has 0 unspecified atom stereocenters. The van der Waals surface area contributed by atoms with Crippen molar-refractivity contribution in [3.8, 4) is 5.75 Å². The van der Waals surface area contributed by atoms with Crippen LogP contribution >= 0.6 is 11.6 Å². The van der Waals surface area contributed by atoms with Gasteiger partial charge in [0.05, 0.1) is 5.69 Å². The molecule has 2 bridgehead atoms. The Hall–Kier alpha value is -1.54. The minimum Gasteiger partial charge on any atom is -0.484 e. The van der Waals surface area contributed by atoms with E-state index >= 15 is 0 Å². The molecule has 0 radical (unpaired) electrons. The van der Waals surface area contributed by atoms with Crippen molar-refractivity contribution in [1.29, 1.82) is 0 Å². The predicted molar refractivity (Wildman–Crippen MR) is 86.1 cm³/mol. The molecule has 2 fully saturated rings. The van der Waals surface area contributed by atoms with Crippen molar-refractivity contribution >= 4 is 11.6 Å². The maximum absolute atomic E-state index is 6.42. The van der Waals surface area contributed by atoms with Gasteiger partial charge in [0.15, 0.2) is 0 Å². The Morgan fingerprint density at radius 1 is 1.09 bits per heavy atom. The fourth-order valence-corrected chi connectivity index (χ4v) is 5.32. The van der Waals surface area contributed by atoms with Gasteiger partial charge in [-0.2, -0.15) is 0 Å². The van der Waals surface area contributed by atoms with E-state index < -0.39 is 0 Å². The summed E-state index contributed by atoms with van der Waals surface area (Å²) < 4.78 is 6.42. The largest absolute Gasteiger partial charge is 0.484 e. The summed E-state index contributed by atoms with van der Waals surface area (Å²) in [5.41, 5.74) is 2.41. The zero-order valence-electron chi connectivity index (χ0n) is 12.3. The van der Waals surface area contributed by atoms with Crippen LogP contribution < -0.4 is 4.74 Å². The highest BCUT2D eigenvalue weighted by atomic mass is 35.5. The van der Waals surface area contributed by atoms with Crippen LogP contribution in [-0.2, 0) is 0 Å². The molecule has 5 atom stereocenters. The zero-order valence-corrected chi connectivity index (χ0v) is 13.0. The molecule has 2 heterocycles. The van der Waals surface area contributed by atoms with E-state index in [4.69, 9.17) is 16.3 Å². The summed E-state index contributed by atoms with van der Waals surface area (Å²) in [5.74, 6) is 3.72. The van der Waals surface area contributed by atoms with Crippen molar-refractivity contribution in [1.82, 2.24) is 4.98 Å². The van der Waals surface area contributed by atoms with Gasteiger partial charge >= 0.3 is 0 Å². The van der Waals surface area contributed by atoms with Crippen molar-refractivity contribution in [2.24, 2.45) is 17.8 Å². The van der Waals surface area contributed by atoms with Crippen LogP contribution in [0.3, 0.4) is 0 Å². The predicted octanol–water partition coefficient (Wildman–Crippen LogP) is 5.00. The smallest absolute Gasteiger partial charge is 0.144 e. The normalized spacial score (nSPS) is 34.9. The van der Waals surface area contributed by atoms with Crippen LogP contribution in [-0.4, -0.2) is 4.98 Å². The van der Waals surface area contributed by atoms with E-state index in [1.54, 1.807) is 0 Å². The second kappa shape index (κ2) is 4.73. The summed E-state index contributed by atoms with van der Waals surface area (Å²) >= 11 is 6.25. The molecule has 0 saturated heterocycles. The van der Waals surface area contributed by atoms with Gasteiger partial charge in [-0.15, -0.1) is 0 Å². The zero-order chi connectivity index (χ0) is 14.7. The minimum absolute atomic E-state index is 0.0928. The molecule has 5 rings (SSSR count). The SMILES string of the molecule is Clc1ccc2c(c1)[C@H]1[C@@H]3CC[C@@H](C3)[C@H]1[C@@H](c1ccccn1)O2. The van der Waals surface area contributed by atoms with Crippen molar-refractivity contribution in [2.45, 2.75) is 31.3 Å². The Morgan fingerprint density at radius 3 is 2.86 bits per heavy atom. The maximum atomic E-state index is 6.42. The van der Waals surface area contributed by atoms with E-state index in [1.165, 1.54) is 24.8 Å². The Bertz CT molecular complexity index is 717. The number of ether oxygens (including phenoxy) is 1. The average Bonchev–Trinajstić information content (AvgIpc) is 3.17. The molecular weight excluding hydrogens is 294 g/mol. The maximum Gasteiger partial charge on any atom is 0.144 e. The minimum atomic E-state index is 0.0928. The van der Waals surface area contributed by atoms with Crippen molar-refractivity contribution in [3.63, 3.8) is 0 Å². The Balaban J connectivity index is 1.65. The highest BCUT2D eigenvalue weighted by Crippen LogP contribution is 2.64. The quantitative estimate of drug-likeness (QED) is 0.739. The van der Waals surface area contributed by atoms with Crippen LogP contribution in [0.1, 0.15) is 42.5 Å². The van der Waals surface area contributed by atoms with Gasteiger partial charge in [0, 0.05) is 17.1 Å². The Kier molecular flexibility index (Phi) is 2.78. The van der Waals surface area contributed by atoms with Gasteiger partial charge in [-0.3, -0.25) is 4.98 Å². The van der Waals surface area contributed by atoms with Gasteiger partial charge in [0.25, 0.3) is 0 Å². The van der Waals surface area contributed by atoms with Crippen LogP contribution in [0.5, 0.6) is 5.75 Å². The fraction of sp³-hybridized carbons (Fsp3) is 0.421. The second-order valence-electron chi connectivity index (χ2n) is 6.91. The summed E-state index contributed by atoms with van der Waals surface area (Å²) in [6, 6.07) is 12.2.